The van der Waals surface area contributed by atoms with Crippen LogP contribution in [-0.4, -0.2) is 23.5 Å². The molecule has 18 heavy (non-hydrogen) atoms. The summed E-state index contributed by atoms with van der Waals surface area (Å²) < 4.78 is 0. The second kappa shape index (κ2) is 5.27. The van der Waals surface area contributed by atoms with Crippen LogP contribution in [-0.2, 0) is 0 Å². The van der Waals surface area contributed by atoms with E-state index in [4.69, 9.17) is 0 Å². The second-order valence-corrected chi connectivity index (χ2v) is 5.77. The van der Waals surface area contributed by atoms with Crippen LogP contribution in [0.25, 0.3) is 6.08 Å². The van der Waals surface area contributed by atoms with E-state index in [1.807, 2.05) is 0 Å². The predicted molar refractivity (Wildman–Crippen MR) is 77.5 cm³/mol. The lowest BCUT2D eigenvalue weighted by Crippen LogP contribution is -2.52. The van der Waals surface area contributed by atoms with Crippen LogP contribution in [0.15, 0.2) is 35.9 Å². The van der Waals surface area contributed by atoms with Crippen molar-refractivity contribution in [2.24, 2.45) is 0 Å². The number of nitrogens with zero attached hydrogens (tertiary/aromatic N) is 1. The van der Waals surface area contributed by atoms with E-state index in [1.54, 1.807) is 5.57 Å². The van der Waals surface area contributed by atoms with Crippen molar-refractivity contribution in [3.05, 3.63) is 41.5 Å². The molecule has 2 atom stereocenters. The molecule has 0 aromatic heterocycles. The van der Waals surface area contributed by atoms with Crippen molar-refractivity contribution < 1.29 is 0 Å². The molecule has 0 bridgehead atoms. The lowest BCUT2D eigenvalue weighted by Gasteiger charge is -2.47. The Morgan fingerprint density at radius 3 is 2.61 bits per heavy atom. The van der Waals surface area contributed by atoms with E-state index >= 15 is 0 Å². The third kappa shape index (κ3) is 2.37. The van der Waals surface area contributed by atoms with Crippen LogP contribution < -0.4 is 0 Å². The highest BCUT2D eigenvalue weighted by atomic mass is 15.2. The Bertz CT molecular complexity index is 420. The molecule has 2 aliphatic rings. The summed E-state index contributed by atoms with van der Waals surface area (Å²) in [5.74, 6) is 0. The normalized spacial score (nSPS) is 31.3. The maximum atomic E-state index is 2.70. The van der Waals surface area contributed by atoms with Gasteiger partial charge in [-0.15, -0.1) is 0 Å². The molecule has 1 aromatic rings. The predicted octanol–water partition coefficient (Wildman–Crippen LogP) is 4.11. The maximum absolute atomic E-state index is 2.70. The average Bonchev–Trinajstić information content (AvgIpc) is 2.40. The molecule has 0 spiro atoms. The minimum absolute atomic E-state index is 0.725. The minimum Gasteiger partial charge on any atom is -0.294 e. The van der Waals surface area contributed by atoms with E-state index in [1.165, 1.54) is 44.2 Å². The molecule has 0 radical (unpaired) electrons. The average molecular weight is 241 g/mol. The fourth-order valence-corrected chi connectivity index (χ4v) is 3.33. The standard InChI is InChI=1S/C17H23N/c1-14-11-12-18(14)17-10-6-5-9-16(17)13-15-7-3-2-4-8-15/h2-4,7-8,13-14,17H,5-6,9-12H2,1H3. The highest BCUT2D eigenvalue weighted by Gasteiger charge is 2.33. The van der Waals surface area contributed by atoms with Crippen LogP contribution in [0.2, 0.25) is 0 Å². The van der Waals surface area contributed by atoms with Crippen LogP contribution in [0.1, 0.15) is 44.6 Å². The van der Waals surface area contributed by atoms with Crippen molar-refractivity contribution in [1.82, 2.24) is 4.90 Å². The molecule has 1 heteroatoms. The van der Waals surface area contributed by atoms with Crippen molar-refractivity contribution in [3.63, 3.8) is 0 Å². The van der Waals surface area contributed by atoms with Gasteiger partial charge in [0.25, 0.3) is 0 Å². The lowest BCUT2D eigenvalue weighted by atomic mass is 9.84. The SMILES string of the molecule is CC1CCN1C1CCCCC1=Cc1ccccc1. The summed E-state index contributed by atoms with van der Waals surface area (Å²) in [6, 6.07) is 12.3. The second-order valence-electron chi connectivity index (χ2n) is 5.77. The van der Waals surface area contributed by atoms with E-state index in [-0.39, 0.29) is 0 Å². The zero-order chi connectivity index (χ0) is 12.4. The summed E-state index contributed by atoms with van der Waals surface area (Å²) >= 11 is 0. The fourth-order valence-electron chi connectivity index (χ4n) is 3.33. The Morgan fingerprint density at radius 2 is 1.94 bits per heavy atom. The molecule has 0 N–H and O–H groups in total. The van der Waals surface area contributed by atoms with Gasteiger partial charge in [-0.1, -0.05) is 48.4 Å². The number of likely N-dealkylation sites (tertiary alicyclic amines) is 1. The molecule has 1 saturated heterocycles. The van der Waals surface area contributed by atoms with E-state index in [9.17, 15) is 0 Å². The molecular weight excluding hydrogens is 218 g/mol. The number of rotatable bonds is 2. The maximum Gasteiger partial charge on any atom is 0.0313 e. The van der Waals surface area contributed by atoms with Gasteiger partial charge in [0.2, 0.25) is 0 Å². The Balaban J connectivity index is 1.81. The third-order valence-corrected chi connectivity index (χ3v) is 4.54. The molecule has 3 rings (SSSR count). The van der Waals surface area contributed by atoms with E-state index in [0.29, 0.717) is 0 Å². The largest absolute Gasteiger partial charge is 0.294 e. The van der Waals surface area contributed by atoms with E-state index < -0.39 is 0 Å². The monoisotopic (exact) mass is 241 g/mol. The van der Waals surface area contributed by atoms with E-state index in [2.05, 4.69) is 48.2 Å². The summed E-state index contributed by atoms with van der Waals surface area (Å²) in [4.78, 5) is 2.70. The van der Waals surface area contributed by atoms with Gasteiger partial charge in [0.05, 0.1) is 0 Å². The third-order valence-electron chi connectivity index (χ3n) is 4.54. The topological polar surface area (TPSA) is 3.24 Å². The molecule has 1 saturated carbocycles. The number of benzene rings is 1. The van der Waals surface area contributed by atoms with Crippen LogP contribution in [0.3, 0.4) is 0 Å². The van der Waals surface area contributed by atoms with Gasteiger partial charge in [-0.05, 0) is 38.2 Å². The zero-order valence-corrected chi connectivity index (χ0v) is 11.3. The summed E-state index contributed by atoms with van der Waals surface area (Å²) in [6.45, 7) is 3.68. The molecule has 1 heterocycles. The van der Waals surface area contributed by atoms with Gasteiger partial charge in [-0.25, -0.2) is 0 Å². The Labute approximate surface area is 111 Å². The highest BCUT2D eigenvalue weighted by Crippen LogP contribution is 2.34. The van der Waals surface area contributed by atoms with Crippen LogP contribution in [0.5, 0.6) is 0 Å². The summed E-state index contributed by atoms with van der Waals surface area (Å²) in [6.07, 6.45) is 9.26. The smallest absolute Gasteiger partial charge is 0.0313 e. The number of hydrogen-bond acceptors (Lipinski definition) is 1. The van der Waals surface area contributed by atoms with Crippen molar-refractivity contribution in [3.8, 4) is 0 Å². The first kappa shape index (κ1) is 12.0. The molecular formula is C17H23N. The first-order valence-electron chi connectivity index (χ1n) is 7.36. The van der Waals surface area contributed by atoms with E-state index in [0.717, 1.165) is 12.1 Å². The van der Waals surface area contributed by atoms with Gasteiger partial charge < -0.3 is 0 Å². The molecule has 2 fully saturated rings. The van der Waals surface area contributed by atoms with Crippen molar-refractivity contribution in [1.29, 1.82) is 0 Å². The first-order chi connectivity index (χ1) is 8.84. The van der Waals surface area contributed by atoms with Crippen molar-refractivity contribution in [2.45, 2.75) is 51.1 Å². The van der Waals surface area contributed by atoms with Gasteiger partial charge >= 0.3 is 0 Å². The van der Waals surface area contributed by atoms with Crippen LogP contribution >= 0.6 is 0 Å². The fraction of sp³-hybridized carbons (Fsp3) is 0.529. The minimum atomic E-state index is 0.725. The van der Waals surface area contributed by atoms with Gasteiger partial charge in [0, 0.05) is 18.6 Å². The van der Waals surface area contributed by atoms with Crippen LogP contribution in [0.4, 0.5) is 0 Å². The molecule has 96 valence electrons. The van der Waals surface area contributed by atoms with Gasteiger partial charge in [-0.3, -0.25) is 4.90 Å². The zero-order valence-electron chi connectivity index (χ0n) is 11.3. The van der Waals surface area contributed by atoms with Crippen molar-refractivity contribution >= 4 is 6.08 Å². The Hall–Kier alpha value is -1.08. The molecule has 1 nitrogen and oxygen atoms in total. The molecule has 0 amide bonds. The van der Waals surface area contributed by atoms with Crippen molar-refractivity contribution in [2.75, 3.05) is 6.54 Å². The first-order valence-corrected chi connectivity index (χ1v) is 7.36. The molecule has 1 aliphatic carbocycles. The highest BCUT2D eigenvalue weighted by molar-refractivity contribution is 5.54. The molecule has 2 unspecified atom stereocenters. The Morgan fingerprint density at radius 1 is 1.11 bits per heavy atom. The summed E-state index contributed by atoms with van der Waals surface area (Å²) in [7, 11) is 0. The van der Waals surface area contributed by atoms with Crippen LogP contribution in [0, 0.1) is 0 Å². The number of hydrogen-bond donors (Lipinski definition) is 0. The molecule has 1 aromatic carbocycles. The molecule has 1 aliphatic heterocycles. The lowest BCUT2D eigenvalue weighted by molar-refractivity contribution is 0.0577. The summed E-state index contributed by atoms with van der Waals surface area (Å²) in [5.41, 5.74) is 3.03. The summed E-state index contributed by atoms with van der Waals surface area (Å²) in [5, 5.41) is 0. The Kier molecular flexibility index (Phi) is 3.51. The van der Waals surface area contributed by atoms with Gasteiger partial charge in [0.15, 0.2) is 0 Å². The van der Waals surface area contributed by atoms with Gasteiger partial charge in [0.1, 0.15) is 0 Å². The quantitative estimate of drug-likeness (QED) is 0.753. The van der Waals surface area contributed by atoms with Gasteiger partial charge in [-0.2, -0.15) is 0 Å².